The number of thioether (sulfide) groups is 1. The molecule has 0 aliphatic heterocycles. The van der Waals surface area contributed by atoms with Crippen molar-refractivity contribution in [3.63, 3.8) is 0 Å². The van der Waals surface area contributed by atoms with Gasteiger partial charge in [-0.3, -0.25) is 0 Å². The minimum Gasteiger partial charge on any atom is -0.445 e. The molecule has 0 aliphatic carbocycles. The topological polar surface area (TPSA) is 64.1 Å². The number of nitrogens with zero attached hydrogens (tertiary/aromatic N) is 3. The second-order valence-electron chi connectivity index (χ2n) is 3.79. The molecule has 0 fully saturated rings. The summed E-state index contributed by atoms with van der Waals surface area (Å²) < 4.78 is 7.36. The number of aromatic nitrogens is 3. The fourth-order valence-corrected chi connectivity index (χ4v) is 2.25. The van der Waals surface area contributed by atoms with Gasteiger partial charge in [0.15, 0.2) is 5.16 Å². The van der Waals surface area contributed by atoms with Crippen molar-refractivity contribution < 1.29 is 9.52 Å². The molecule has 5 nitrogen and oxygen atoms in total. The van der Waals surface area contributed by atoms with Gasteiger partial charge in [-0.05, 0) is 13.8 Å². The maximum Gasteiger partial charge on any atom is 0.205 e. The maximum absolute atomic E-state index is 9.06. The van der Waals surface area contributed by atoms with Gasteiger partial charge in [-0.1, -0.05) is 11.8 Å². The minimum atomic E-state index is 0.00127. The van der Waals surface area contributed by atoms with Crippen LogP contribution in [0.25, 0.3) is 0 Å². The Morgan fingerprint density at radius 2 is 2.24 bits per heavy atom. The molecule has 0 aliphatic rings. The third-order valence-electron chi connectivity index (χ3n) is 2.60. The largest absolute Gasteiger partial charge is 0.445 e. The van der Waals surface area contributed by atoms with E-state index in [2.05, 4.69) is 9.97 Å². The van der Waals surface area contributed by atoms with E-state index in [0.29, 0.717) is 11.6 Å². The Balaban J connectivity index is 2.04. The molecule has 0 amide bonds. The fraction of sp³-hybridized carbons (Fsp3) is 0.455. The van der Waals surface area contributed by atoms with Gasteiger partial charge in [0.2, 0.25) is 5.89 Å². The van der Waals surface area contributed by atoms with Crippen LogP contribution >= 0.6 is 11.8 Å². The van der Waals surface area contributed by atoms with Crippen molar-refractivity contribution in [3.8, 4) is 0 Å². The van der Waals surface area contributed by atoms with Gasteiger partial charge >= 0.3 is 0 Å². The predicted octanol–water partition coefficient (Wildman–Crippen LogP) is 1.81. The molecule has 6 heteroatoms. The standard InChI is InChI=1S/C11H15N3O2S/c1-7-8(2)16-10(13-7)6-17-11-12-4-9(5-15)14(11)3/h4,15H,5-6H2,1-3H3. The van der Waals surface area contributed by atoms with Gasteiger partial charge in [0, 0.05) is 7.05 Å². The lowest BCUT2D eigenvalue weighted by atomic mass is 10.4. The Labute approximate surface area is 104 Å². The lowest BCUT2D eigenvalue weighted by molar-refractivity contribution is 0.271. The van der Waals surface area contributed by atoms with Crippen LogP contribution in [-0.2, 0) is 19.4 Å². The van der Waals surface area contributed by atoms with Crippen molar-refractivity contribution in [3.05, 3.63) is 29.2 Å². The molecule has 92 valence electrons. The van der Waals surface area contributed by atoms with E-state index >= 15 is 0 Å². The van der Waals surface area contributed by atoms with E-state index in [1.54, 1.807) is 18.0 Å². The Hall–Kier alpha value is -1.27. The van der Waals surface area contributed by atoms with Gasteiger partial charge < -0.3 is 14.1 Å². The second kappa shape index (κ2) is 4.93. The molecular weight excluding hydrogens is 238 g/mol. The van der Waals surface area contributed by atoms with Crippen molar-refractivity contribution in [2.75, 3.05) is 0 Å². The van der Waals surface area contributed by atoms with Crippen molar-refractivity contribution in [2.45, 2.75) is 31.4 Å². The molecule has 2 rings (SSSR count). The quantitative estimate of drug-likeness (QED) is 0.842. The molecule has 2 aromatic heterocycles. The molecule has 0 spiro atoms. The van der Waals surface area contributed by atoms with Gasteiger partial charge in [-0.25, -0.2) is 9.97 Å². The molecule has 0 saturated heterocycles. The number of hydrogen-bond donors (Lipinski definition) is 1. The summed E-state index contributed by atoms with van der Waals surface area (Å²) in [4.78, 5) is 8.54. The summed E-state index contributed by atoms with van der Waals surface area (Å²) in [7, 11) is 1.88. The third kappa shape index (κ3) is 2.53. The van der Waals surface area contributed by atoms with Crippen LogP contribution in [0.2, 0.25) is 0 Å². The number of hydrogen-bond acceptors (Lipinski definition) is 5. The van der Waals surface area contributed by atoms with Crippen LogP contribution in [0.5, 0.6) is 0 Å². The Kier molecular flexibility index (Phi) is 3.54. The highest BCUT2D eigenvalue weighted by Crippen LogP contribution is 2.22. The van der Waals surface area contributed by atoms with E-state index in [0.717, 1.165) is 22.3 Å². The summed E-state index contributed by atoms with van der Waals surface area (Å²) >= 11 is 1.54. The number of rotatable bonds is 4. The zero-order chi connectivity index (χ0) is 12.4. The van der Waals surface area contributed by atoms with Gasteiger partial charge in [-0.2, -0.15) is 0 Å². The maximum atomic E-state index is 9.06. The zero-order valence-electron chi connectivity index (χ0n) is 10.1. The number of aliphatic hydroxyl groups is 1. The first-order valence-electron chi connectivity index (χ1n) is 5.29. The molecule has 0 bridgehead atoms. The van der Waals surface area contributed by atoms with E-state index < -0.39 is 0 Å². The van der Waals surface area contributed by atoms with E-state index in [4.69, 9.17) is 9.52 Å². The van der Waals surface area contributed by atoms with Gasteiger partial charge in [-0.15, -0.1) is 0 Å². The summed E-state index contributed by atoms with van der Waals surface area (Å²) in [5.41, 5.74) is 1.73. The van der Waals surface area contributed by atoms with Gasteiger partial charge in [0.05, 0.1) is 29.9 Å². The first-order chi connectivity index (χ1) is 8.11. The summed E-state index contributed by atoms with van der Waals surface area (Å²) in [6.45, 7) is 3.83. The van der Waals surface area contributed by atoms with E-state index in [1.807, 2.05) is 25.5 Å². The van der Waals surface area contributed by atoms with Crippen molar-refractivity contribution >= 4 is 11.8 Å². The number of imidazole rings is 1. The molecule has 0 atom stereocenters. The van der Waals surface area contributed by atoms with Crippen LogP contribution in [0.1, 0.15) is 23.0 Å². The van der Waals surface area contributed by atoms with E-state index in [-0.39, 0.29) is 6.61 Å². The minimum absolute atomic E-state index is 0.00127. The monoisotopic (exact) mass is 253 g/mol. The van der Waals surface area contributed by atoms with Crippen LogP contribution < -0.4 is 0 Å². The smallest absolute Gasteiger partial charge is 0.205 e. The summed E-state index contributed by atoms with van der Waals surface area (Å²) in [6, 6.07) is 0. The molecule has 17 heavy (non-hydrogen) atoms. The molecule has 0 aromatic carbocycles. The normalized spacial score (nSPS) is 11.1. The number of aliphatic hydroxyl groups excluding tert-OH is 1. The van der Waals surface area contributed by atoms with Crippen LogP contribution in [0.15, 0.2) is 15.8 Å². The fourth-order valence-electron chi connectivity index (χ4n) is 1.43. The van der Waals surface area contributed by atoms with Gasteiger partial charge in [0.1, 0.15) is 5.76 Å². The van der Waals surface area contributed by atoms with Crippen molar-refractivity contribution in [1.82, 2.24) is 14.5 Å². The number of aryl methyl sites for hydroxylation is 2. The Morgan fingerprint density at radius 1 is 1.47 bits per heavy atom. The lowest BCUT2D eigenvalue weighted by Crippen LogP contribution is -1.97. The van der Waals surface area contributed by atoms with Crippen LogP contribution in [0, 0.1) is 13.8 Å². The first kappa shape index (κ1) is 12.2. The van der Waals surface area contributed by atoms with E-state index in [1.165, 1.54) is 0 Å². The highest BCUT2D eigenvalue weighted by atomic mass is 32.2. The molecule has 2 aromatic rings. The zero-order valence-corrected chi connectivity index (χ0v) is 10.9. The Morgan fingerprint density at radius 3 is 2.76 bits per heavy atom. The highest BCUT2D eigenvalue weighted by molar-refractivity contribution is 7.98. The predicted molar refractivity (Wildman–Crippen MR) is 64.7 cm³/mol. The lowest BCUT2D eigenvalue weighted by Gasteiger charge is -2.01. The molecule has 0 saturated carbocycles. The van der Waals surface area contributed by atoms with Crippen LogP contribution in [0.4, 0.5) is 0 Å². The first-order valence-corrected chi connectivity index (χ1v) is 6.27. The highest BCUT2D eigenvalue weighted by Gasteiger charge is 2.10. The average Bonchev–Trinajstić information content (AvgIpc) is 2.81. The second-order valence-corrected chi connectivity index (χ2v) is 4.73. The number of oxazole rings is 1. The summed E-state index contributed by atoms with van der Waals surface area (Å²) in [5, 5.41) is 9.91. The Bertz CT molecular complexity index is 499. The van der Waals surface area contributed by atoms with Crippen LogP contribution in [-0.4, -0.2) is 19.6 Å². The molecule has 0 unspecified atom stereocenters. The van der Waals surface area contributed by atoms with Crippen molar-refractivity contribution in [1.29, 1.82) is 0 Å². The molecule has 0 radical (unpaired) electrons. The van der Waals surface area contributed by atoms with Crippen LogP contribution in [0.3, 0.4) is 0 Å². The molecule has 2 heterocycles. The summed E-state index contributed by atoms with van der Waals surface area (Å²) in [6.07, 6.45) is 1.67. The van der Waals surface area contributed by atoms with Crippen molar-refractivity contribution in [2.24, 2.45) is 7.05 Å². The third-order valence-corrected chi connectivity index (χ3v) is 3.63. The molecule has 1 N–H and O–H groups in total. The molecular formula is C11H15N3O2S. The van der Waals surface area contributed by atoms with E-state index in [9.17, 15) is 0 Å². The SMILES string of the molecule is Cc1nc(CSc2ncc(CO)n2C)oc1C. The average molecular weight is 253 g/mol. The summed E-state index contributed by atoms with van der Waals surface area (Å²) in [5.74, 6) is 2.21. The van der Waals surface area contributed by atoms with Gasteiger partial charge in [0.25, 0.3) is 0 Å².